The topological polar surface area (TPSA) is 49.3 Å². The summed E-state index contributed by atoms with van der Waals surface area (Å²) in [5.41, 5.74) is 0.959. The van der Waals surface area contributed by atoms with Gasteiger partial charge in [-0.1, -0.05) is 0 Å². The molecular formula is C12H17ClN4O. The Labute approximate surface area is 112 Å². The minimum Gasteiger partial charge on any atom is -0.353 e. The average molecular weight is 269 g/mol. The molecule has 6 heteroatoms. The van der Waals surface area contributed by atoms with Crippen LogP contribution in [0.5, 0.6) is 0 Å². The van der Waals surface area contributed by atoms with Crippen LogP contribution in [0.15, 0.2) is 12.4 Å². The summed E-state index contributed by atoms with van der Waals surface area (Å²) in [6, 6.07) is 1.97. The Hall–Kier alpha value is -1.36. The van der Waals surface area contributed by atoms with E-state index in [0.717, 1.165) is 37.7 Å². The van der Waals surface area contributed by atoms with Gasteiger partial charge in [0.05, 0.1) is 0 Å². The molecule has 1 aromatic rings. The molecule has 1 saturated heterocycles. The van der Waals surface area contributed by atoms with Crippen LogP contribution >= 0.6 is 11.6 Å². The number of hydrogen-bond acceptors (Lipinski definition) is 4. The second kappa shape index (κ2) is 6.00. The SMILES string of the molecule is Cc1cc(N2CCN(C(=O)CCCl)CC2)ncn1. The van der Waals surface area contributed by atoms with Crippen LogP contribution < -0.4 is 4.90 Å². The zero-order chi connectivity index (χ0) is 13.0. The van der Waals surface area contributed by atoms with Crippen LogP contribution in [0.2, 0.25) is 0 Å². The van der Waals surface area contributed by atoms with E-state index < -0.39 is 0 Å². The molecule has 98 valence electrons. The number of nitrogens with zero attached hydrogens (tertiary/aromatic N) is 4. The van der Waals surface area contributed by atoms with Gasteiger partial charge in [-0.15, -0.1) is 11.6 Å². The summed E-state index contributed by atoms with van der Waals surface area (Å²) in [7, 11) is 0. The van der Waals surface area contributed by atoms with Crippen LogP contribution in [-0.4, -0.2) is 52.8 Å². The Morgan fingerprint density at radius 1 is 1.33 bits per heavy atom. The molecule has 1 aromatic heterocycles. The van der Waals surface area contributed by atoms with Crippen LogP contribution in [0.25, 0.3) is 0 Å². The molecule has 1 aliphatic rings. The molecule has 2 rings (SSSR count). The maximum atomic E-state index is 11.7. The number of anilines is 1. The summed E-state index contributed by atoms with van der Waals surface area (Å²) in [4.78, 5) is 24.1. The summed E-state index contributed by atoms with van der Waals surface area (Å²) >= 11 is 5.58. The number of alkyl halides is 1. The second-order valence-corrected chi connectivity index (χ2v) is 4.70. The van der Waals surface area contributed by atoms with Gasteiger partial charge in [-0.05, 0) is 6.92 Å². The zero-order valence-electron chi connectivity index (χ0n) is 10.5. The summed E-state index contributed by atoms with van der Waals surface area (Å²) < 4.78 is 0. The van der Waals surface area contributed by atoms with Crippen molar-refractivity contribution >= 4 is 23.3 Å². The number of carbonyl (C=O) groups excluding carboxylic acids is 1. The van der Waals surface area contributed by atoms with Crippen molar-refractivity contribution in [3.63, 3.8) is 0 Å². The molecule has 0 spiro atoms. The first kappa shape index (κ1) is 13.1. The lowest BCUT2D eigenvalue weighted by Gasteiger charge is -2.35. The Morgan fingerprint density at radius 3 is 2.67 bits per heavy atom. The number of hydrogen-bond donors (Lipinski definition) is 0. The average Bonchev–Trinajstić information content (AvgIpc) is 2.39. The highest BCUT2D eigenvalue weighted by molar-refractivity contribution is 6.18. The van der Waals surface area contributed by atoms with Crippen LogP contribution in [0.4, 0.5) is 5.82 Å². The van der Waals surface area contributed by atoms with Crippen molar-refractivity contribution in [1.29, 1.82) is 0 Å². The Balaban J connectivity index is 1.92. The molecule has 1 fully saturated rings. The monoisotopic (exact) mass is 268 g/mol. The van der Waals surface area contributed by atoms with Crippen molar-refractivity contribution in [3.05, 3.63) is 18.1 Å². The van der Waals surface area contributed by atoms with Crippen molar-refractivity contribution in [3.8, 4) is 0 Å². The first-order valence-corrected chi connectivity index (χ1v) is 6.61. The minimum atomic E-state index is 0.142. The van der Waals surface area contributed by atoms with E-state index >= 15 is 0 Å². The lowest BCUT2D eigenvalue weighted by atomic mass is 10.2. The third-order valence-electron chi connectivity index (χ3n) is 3.05. The maximum Gasteiger partial charge on any atom is 0.223 e. The predicted octanol–water partition coefficient (Wildman–Crippen LogP) is 1.06. The predicted molar refractivity (Wildman–Crippen MR) is 70.9 cm³/mol. The van der Waals surface area contributed by atoms with E-state index in [1.54, 1.807) is 6.33 Å². The molecule has 0 radical (unpaired) electrons. The van der Waals surface area contributed by atoms with E-state index in [-0.39, 0.29) is 5.91 Å². The van der Waals surface area contributed by atoms with Gasteiger partial charge in [0, 0.05) is 50.2 Å². The number of aromatic nitrogens is 2. The van der Waals surface area contributed by atoms with Gasteiger partial charge in [-0.2, -0.15) is 0 Å². The molecule has 0 aliphatic carbocycles. The van der Waals surface area contributed by atoms with Crippen LogP contribution in [0.3, 0.4) is 0 Å². The lowest BCUT2D eigenvalue weighted by Crippen LogP contribution is -2.49. The smallest absolute Gasteiger partial charge is 0.223 e. The summed E-state index contributed by atoms with van der Waals surface area (Å²) in [5.74, 6) is 1.47. The van der Waals surface area contributed by atoms with E-state index in [0.29, 0.717) is 12.3 Å². The number of aryl methyl sites for hydroxylation is 1. The van der Waals surface area contributed by atoms with E-state index in [2.05, 4.69) is 14.9 Å². The molecule has 0 N–H and O–H groups in total. The normalized spacial score (nSPS) is 15.9. The van der Waals surface area contributed by atoms with Crippen LogP contribution in [-0.2, 0) is 4.79 Å². The minimum absolute atomic E-state index is 0.142. The van der Waals surface area contributed by atoms with Gasteiger partial charge in [0.2, 0.25) is 5.91 Å². The van der Waals surface area contributed by atoms with Gasteiger partial charge >= 0.3 is 0 Å². The highest BCUT2D eigenvalue weighted by atomic mass is 35.5. The molecule has 1 amide bonds. The van der Waals surface area contributed by atoms with Crippen molar-refractivity contribution in [1.82, 2.24) is 14.9 Å². The van der Waals surface area contributed by atoms with Gasteiger partial charge in [-0.25, -0.2) is 9.97 Å². The Morgan fingerprint density at radius 2 is 2.06 bits per heavy atom. The van der Waals surface area contributed by atoms with Crippen molar-refractivity contribution in [2.45, 2.75) is 13.3 Å². The van der Waals surface area contributed by atoms with Crippen LogP contribution in [0.1, 0.15) is 12.1 Å². The highest BCUT2D eigenvalue weighted by Gasteiger charge is 2.21. The summed E-state index contributed by atoms with van der Waals surface area (Å²) in [5, 5.41) is 0. The summed E-state index contributed by atoms with van der Waals surface area (Å²) in [6.07, 6.45) is 2.00. The number of amides is 1. The quantitative estimate of drug-likeness (QED) is 0.770. The Kier molecular flexibility index (Phi) is 4.36. The molecule has 0 unspecified atom stereocenters. The lowest BCUT2D eigenvalue weighted by molar-refractivity contribution is -0.131. The Bertz CT molecular complexity index is 418. The van der Waals surface area contributed by atoms with Gasteiger partial charge in [0.25, 0.3) is 0 Å². The number of carbonyl (C=O) groups is 1. The molecule has 0 aromatic carbocycles. The van der Waals surface area contributed by atoms with Gasteiger partial charge in [0.15, 0.2) is 0 Å². The van der Waals surface area contributed by atoms with Gasteiger partial charge in [-0.3, -0.25) is 4.79 Å². The third-order valence-corrected chi connectivity index (χ3v) is 3.24. The molecule has 0 saturated carbocycles. The highest BCUT2D eigenvalue weighted by Crippen LogP contribution is 2.14. The first-order valence-electron chi connectivity index (χ1n) is 6.08. The molecule has 0 atom stereocenters. The molecular weight excluding hydrogens is 252 g/mol. The summed E-state index contributed by atoms with van der Waals surface area (Å²) in [6.45, 7) is 5.04. The van der Waals surface area contributed by atoms with E-state index in [9.17, 15) is 4.79 Å². The number of rotatable bonds is 3. The number of halogens is 1. The maximum absolute atomic E-state index is 11.7. The second-order valence-electron chi connectivity index (χ2n) is 4.32. The van der Waals surface area contributed by atoms with E-state index in [1.165, 1.54) is 0 Å². The van der Waals surface area contributed by atoms with Gasteiger partial charge in [0.1, 0.15) is 12.1 Å². The van der Waals surface area contributed by atoms with Crippen molar-refractivity contribution in [2.75, 3.05) is 37.0 Å². The molecule has 2 heterocycles. The molecule has 0 bridgehead atoms. The van der Waals surface area contributed by atoms with Crippen molar-refractivity contribution in [2.24, 2.45) is 0 Å². The van der Waals surface area contributed by atoms with Crippen LogP contribution in [0, 0.1) is 6.92 Å². The molecule has 5 nitrogen and oxygen atoms in total. The third kappa shape index (κ3) is 3.10. The fourth-order valence-corrected chi connectivity index (χ4v) is 2.20. The number of piperazine rings is 1. The fourth-order valence-electron chi connectivity index (χ4n) is 2.04. The molecule has 1 aliphatic heterocycles. The van der Waals surface area contributed by atoms with Crippen molar-refractivity contribution < 1.29 is 4.79 Å². The van der Waals surface area contributed by atoms with Gasteiger partial charge < -0.3 is 9.80 Å². The first-order chi connectivity index (χ1) is 8.70. The van der Waals surface area contributed by atoms with E-state index in [4.69, 9.17) is 11.6 Å². The standard InChI is InChI=1S/C12H17ClN4O/c1-10-8-11(15-9-14-10)16-4-6-17(7-5-16)12(18)2-3-13/h8-9H,2-7H2,1H3. The zero-order valence-corrected chi connectivity index (χ0v) is 11.2. The molecule has 18 heavy (non-hydrogen) atoms. The van der Waals surface area contributed by atoms with E-state index in [1.807, 2.05) is 17.9 Å². The fraction of sp³-hybridized carbons (Fsp3) is 0.583. The largest absolute Gasteiger partial charge is 0.353 e.